The number of carbonyl (C=O) groups is 1. The number of nitrogens with one attached hydrogen (secondary N) is 1. The summed E-state index contributed by atoms with van der Waals surface area (Å²) >= 11 is 0. The number of hydrogen-bond donors (Lipinski definition) is 1. The maximum atomic E-state index is 12.9. The minimum atomic E-state index is -0.0522. The van der Waals surface area contributed by atoms with Crippen molar-refractivity contribution in [3.8, 4) is 0 Å². The molecule has 1 fully saturated rings. The van der Waals surface area contributed by atoms with E-state index in [9.17, 15) is 4.79 Å². The van der Waals surface area contributed by atoms with Crippen LogP contribution in [-0.2, 0) is 6.42 Å². The Labute approximate surface area is 170 Å². The molecule has 29 heavy (non-hydrogen) atoms. The molecule has 148 valence electrons. The van der Waals surface area contributed by atoms with Gasteiger partial charge in [-0.3, -0.25) is 9.78 Å². The van der Waals surface area contributed by atoms with E-state index in [2.05, 4.69) is 44.2 Å². The zero-order valence-corrected chi connectivity index (χ0v) is 16.5. The molecule has 1 saturated heterocycles. The molecule has 1 aliphatic rings. The van der Waals surface area contributed by atoms with Crippen LogP contribution in [0.2, 0.25) is 0 Å². The third-order valence-corrected chi connectivity index (χ3v) is 5.03. The first-order valence-electron chi connectivity index (χ1n) is 9.86. The number of carbonyl (C=O) groups excluding carboxylic acids is 1. The van der Waals surface area contributed by atoms with Gasteiger partial charge in [-0.2, -0.15) is 0 Å². The highest BCUT2D eigenvalue weighted by atomic mass is 16.2. The predicted molar refractivity (Wildman–Crippen MR) is 113 cm³/mol. The van der Waals surface area contributed by atoms with Crippen molar-refractivity contribution in [2.75, 3.05) is 36.4 Å². The Kier molecular flexibility index (Phi) is 5.65. The number of piperazine rings is 1. The van der Waals surface area contributed by atoms with Gasteiger partial charge in [0.25, 0.3) is 5.91 Å². The maximum absolute atomic E-state index is 12.9. The van der Waals surface area contributed by atoms with Crippen LogP contribution in [0.5, 0.6) is 0 Å². The molecule has 1 aliphatic heterocycles. The molecule has 7 nitrogen and oxygen atoms in total. The van der Waals surface area contributed by atoms with Crippen molar-refractivity contribution in [2.45, 2.75) is 13.3 Å². The highest BCUT2D eigenvalue weighted by Gasteiger charge is 2.24. The standard InChI is InChI=1S/C22H24N6O/c1-2-17-4-6-18(7-5-17)26-19-8-11-23-20(16-19)21(29)27-12-14-28(15-13-27)22-24-9-3-10-25-22/h3-11,16H,2,12-15H2,1H3,(H,23,26). The number of aromatic nitrogens is 3. The molecule has 0 bridgehead atoms. The summed E-state index contributed by atoms with van der Waals surface area (Å²) in [6, 6.07) is 13.8. The highest BCUT2D eigenvalue weighted by molar-refractivity contribution is 5.93. The molecule has 0 unspecified atom stereocenters. The van der Waals surface area contributed by atoms with Gasteiger partial charge in [-0.15, -0.1) is 0 Å². The average molecular weight is 388 g/mol. The van der Waals surface area contributed by atoms with Gasteiger partial charge in [-0.25, -0.2) is 9.97 Å². The van der Waals surface area contributed by atoms with Crippen LogP contribution in [0.3, 0.4) is 0 Å². The van der Waals surface area contributed by atoms with Gasteiger partial charge in [0, 0.05) is 56.1 Å². The van der Waals surface area contributed by atoms with Gasteiger partial charge in [0.05, 0.1) is 0 Å². The molecule has 0 atom stereocenters. The van der Waals surface area contributed by atoms with Gasteiger partial charge < -0.3 is 15.1 Å². The fourth-order valence-corrected chi connectivity index (χ4v) is 3.34. The van der Waals surface area contributed by atoms with Gasteiger partial charge in [-0.05, 0) is 42.3 Å². The number of pyridine rings is 1. The van der Waals surface area contributed by atoms with E-state index in [1.807, 2.05) is 29.2 Å². The molecular formula is C22H24N6O. The first-order valence-corrected chi connectivity index (χ1v) is 9.86. The molecular weight excluding hydrogens is 364 g/mol. The molecule has 0 spiro atoms. The van der Waals surface area contributed by atoms with Gasteiger partial charge in [0.15, 0.2) is 0 Å². The van der Waals surface area contributed by atoms with Crippen LogP contribution >= 0.6 is 0 Å². The molecule has 3 aromatic rings. The fraction of sp³-hybridized carbons (Fsp3) is 0.273. The lowest BCUT2D eigenvalue weighted by atomic mass is 10.1. The number of rotatable bonds is 5. The van der Waals surface area contributed by atoms with Crippen molar-refractivity contribution in [1.29, 1.82) is 0 Å². The Bertz CT molecular complexity index is 953. The van der Waals surface area contributed by atoms with Gasteiger partial charge >= 0.3 is 0 Å². The van der Waals surface area contributed by atoms with Gasteiger partial charge in [0.2, 0.25) is 5.95 Å². The zero-order valence-electron chi connectivity index (χ0n) is 16.5. The summed E-state index contributed by atoms with van der Waals surface area (Å²) in [6.07, 6.45) is 6.15. The maximum Gasteiger partial charge on any atom is 0.272 e. The molecule has 4 rings (SSSR count). The van der Waals surface area contributed by atoms with Crippen molar-refractivity contribution < 1.29 is 4.79 Å². The summed E-state index contributed by atoms with van der Waals surface area (Å²) in [5.41, 5.74) is 3.58. The second-order valence-electron chi connectivity index (χ2n) is 6.93. The summed E-state index contributed by atoms with van der Waals surface area (Å²) < 4.78 is 0. The Morgan fingerprint density at radius 3 is 2.34 bits per heavy atom. The summed E-state index contributed by atoms with van der Waals surface area (Å²) in [6.45, 7) is 4.79. The molecule has 2 aromatic heterocycles. The number of hydrogen-bond acceptors (Lipinski definition) is 6. The molecule has 0 aliphatic carbocycles. The van der Waals surface area contributed by atoms with Crippen molar-refractivity contribution >= 4 is 23.2 Å². The van der Waals surface area contributed by atoms with Crippen molar-refractivity contribution in [3.63, 3.8) is 0 Å². The van der Waals surface area contributed by atoms with E-state index in [-0.39, 0.29) is 5.91 Å². The molecule has 1 N–H and O–H groups in total. The average Bonchev–Trinajstić information content (AvgIpc) is 2.80. The van der Waals surface area contributed by atoms with E-state index in [0.29, 0.717) is 37.8 Å². The van der Waals surface area contributed by atoms with E-state index >= 15 is 0 Å². The van der Waals surface area contributed by atoms with Crippen molar-refractivity contribution in [1.82, 2.24) is 19.9 Å². The monoisotopic (exact) mass is 388 g/mol. The predicted octanol–water partition coefficient (Wildman–Crippen LogP) is 3.14. The Morgan fingerprint density at radius 2 is 1.66 bits per heavy atom. The molecule has 7 heteroatoms. The third-order valence-electron chi connectivity index (χ3n) is 5.03. The molecule has 0 radical (unpaired) electrons. The fourth-order valence-electron chi connectivity index (χ4n) is 3.34. The van der Waals surface area contributed by atoms with E-state index < -0.39 is 0 Å². The zero-order chi connectivity index (χ0) is 20.1. The van der Waals surface area contributed by atoms with Gasteiger partial charge in [-0.1, -0.05) is 19.1 Å². The summed E-state index contributed by atoms with van der Waals surface area (Å²) in [5, 5.41) is 3.35. The summed E-state index contributed by atoms with van der Waals surface area (Å²) in [7, 11) is 0. The minimum Gasteiger partial charge on any atom is -0.355 e. The van der Waals surface area contributed by atoms with Crippen molar-refractivity contribution in [3.05, 3.63) is 72.3 Å². The Hall–Kier alpha value is -3.48. The summed E-state index contributed by atoms with van der Waals surface area (Å²) in [4.78, 5) is 29.7. The lowest BCUT2D eigenvalue weighted by Gasteiger charge is -2.34. The topological polar surface area (TPSA) is 74.2 Å². The molecule has 3 heterocycles. The quantitative estimate of drug-likeness (QED) is 0.724. The first kappa shape index (κ1) is 18.9. The Balaban J connectivity index is 1.39. The molecule has 1 aromatic carbocycles. The smallest absolute Gasteiger partial charge is 0.272 e. The number of nitrogens with zero attached hydrogens (tertiary/aromatic N) is 5. The number of amides is 1. The number of anilines is 3. The van der Waals surface area contributed by atoms with E-state index in [1.54, 1.807) is 24.7 Å². The number of benzene rings is 1. The van der Waals surface area contributed by atoms with Gasteiger partial charge in [0.1, 0.15) is 5.69 Å². The highest BCUT2D eigenvalue weighted by Crippen LogP contribution is 2.19. The van der Waals surface area contributed by atoms with Crippen LogP contribution in [0.4, 0.5) is 17.3 Å². The lowest BCUT2D eigenvalue weighted by molar-refractivity contribution is 0.0740. The normalized spacial score (nSPS) is 14.0. The largest absolute Gasteiger partial charge is 0.355 e. The van der Waals surface area contributed by atoms with Crippen molar-refractivity contribution in [2.24, 2.45) is 0 Å². The van der Waals surface area contributed by atoms with E-state index in [1.165, 1.54) is 5.56 Å². The second-order valence-corrected chi connectivity index (χ2v) is 6.93. The second kappa shape index (κ2) is 8.68. The SMILES string of the molecule is CCc1ccc(Nc2ccnc(C(=O)N3CCN(c4ncccn4)CC3)c2)cc1. The van der Waals surface area contributed by atoms with Crippen LogP contribution in [0.1, 0.15) is 23.0 Å². The van der Waals surface area contributed by atoms with E-state index in [4.69, 9.17) is 0 Å². The van der Waals surface area contributed by atoms with Crippen LogP contribution in [0.25, 0.3) is 0 Å². The van der Waals surface area contributed by atoms with Crippen LogP contribution < -0.4 is 10.2 Å². The third kappa shape index (κ3) is 4.51. The summed E-state index contributed by atoms with van der Waals surface area (Å²) in [5.74, 6) is 0.654. The number of aryl methyl sites for hydroxylation is 1. The minimum absolute atomic E-state index is 0.0522. The van der Waals surface area contributed by atoms with E-state index in [0.717, 1.165) is 17.8 Å². The van der Waals surface area contributed by atoms with Crippen LogP contribution in [0, 0.1) is 0 Å². The van der Waals surface area contributed by atoms with Crippen LogP contribution in [0.15, 0.2) is 61.1 Å². The first-order chi connectivity index (χ1) is 14.2. The molecule has 0 saturated carbocycles. The Morgan fingerprint density at radius 1 is 0.931 bits per heavy atom. The molecule has 1 amide bonds. The van der Waals surface area contributed by atoms with Crippen LogP contribution in [-0.4, -0.2) is 51.9 Å². The lowest BCUT2D eigenvalue weighted by Crippen LogP contribution is -2.49.